The van der Waals surface area contributed by atoms with Crippen LogP contribution in [0.4, 0.5) is 0 Å². The predicted octanol–water partition coefficient (Wildman–Crippen LogP) is 1.29. The molecule has 17 heavy (non-hydrogen) atoms. The molecule has 90 valence electrons. The Labute approximate surface area is 103 Å². The minimum atomic E-state index is -3.54. The minimum absolute atomic E-state index is 0.285. The summed E-state index contributed by atoms with van der Waals surface area (Å²) in [6.07, 6.45) is 0.941. The van der Waals surface area contributed by atoms with Crippen molar-refractivity contribution in [3.63, 3.8) is 0 Å². The zero-order valence-corrected chi connectivity index (χ0v) is 10.9. The molecule has 1 N–H and O–H groups in total. The van der Waals surface area contributed by atoms with Crippen LogP contribution < -0.4 is 4.72 Å². The lowest BCUT2D eigenvalue weighted by Gasteiger charge is -2.01. The molecule has 0 fully saturated rings. The van der Waals surface area contributed by atoms with Gasteiger partial charge >= 0.3 is 0 Å². The number of hydrogen-bond acceptors (Lipinski definition) is 5. The van der Waals surface area contributed by atoms with Crippen LogP contribution in [0.2, 0.25) is 0 Å². The fraction of sp³-hybridized carbons (Fsp3) is 0.200. The Bertz CT molecular complexity index is 689. The van der Waals surface area contributed by atoms with E-state index >= 15 is 0 Å². The highest BCUT2D eigenvalue weighted by atomic mass is 32.2. The highest BCUT2D eigenvalue weighted by molar-refractivity contribution is 7.89. The fourth-order valence-corrected chi connectivity index (χ4v) is 2.67. The van der Waals surface area contributed by atoms with Crippen molar-refractivity contribution in [1.82, 2.24) is 9.71 Å². The number of benzene rings is 1. The molecule has 5 nitrogen and oxygen atoms in total. The lowest BCUT2D eigenvalue weighted by atomic mass is 10.2. The summed E-state index contributed by atoms with van der Waals surface area (Å²) in [5.74, 6) is -0.639. The van der Waals surface area contributed by atoms with Crippen LogP contribution in [0.3, 0.4) is 0 Å². The van der Waals surface area contributed by atoms with Gasteiger partial charge in [0.15, 0.2) is 0 Å². The summed E-state index contributed by atoms with van der Waals surface area (Å²) in [5.41, 5.74) is 0.988. The van der Waals surface area contributed by atoms with Crippen molar-refractivity contribution in [2.75, 3.05) is 6.26 Å². The van der Waals surface area contributed by atoms with E-state index in [2.05, 4.69) is 4.98 Å². The molecule has 1 aromatic heterocycles. The van der Waals surface area contributed by atoms with Gasteiger partial charge in [0.05, 0.1) is 21.5 Å². The molecule has 0 aliphatic rings. The first kappa shape index (κ1) is 12.0. The van der Waals surface area contributed by atoms with Crippen molar-refractivity contribution in [2.24, 2.45) is 0 Å². The molecule has 2 rings (SSSR count). The van der Waals surface area contributed by atoms with Gasteiger partial charge in [-0.15, -0.1) is 11.3 Å². The molecule has 0 spiro atoms. The van der Waals surface area contributed by atoms with Crippen LogP contribution in [-0.2, 0) is 10.0 Å². The molecular formula is C10H10N2O3S2. The molecule has 2 aromatic rings. The van der Waals surface area contributed by atoms with E-state index in [4.69, 9.17) is 0 Å². The zero-order valence-electron chi connectivity index (χ0n) is 9.22. The van der Waals surface area contributed by atoms with Crippen LogP contribution in [0.15, 0.2) is 18.2 Å². The van der Waals surface area contributed by atoms with Crippen LogP contribution >= 0.6 is 11.3 Å². The lowest BCUT2D eigenvalue weighted by Crippen LogP contribution is -2.29. The van der Waals surface area contributed by atoms with Crippen LogP contribution in [0.5, 0.6) is 0 Å². The van der Waals surface area contributed by atoms with Crippen LogP contribution in [0, 0.1) is 6.92 Å². The summed E-state index contributed by atoms with van der Waals surface area (Å²) >= 11 is 1.52. The molecule has 1 aromatic carbocycles. The number of aromatic nitrogens is 1. The van der Waals surface area contributed by atoms with E-state index in [9.17, 15) is 13.2 Å². The Balaban J connectivity index is 2.39. The summed E-state index contributed by atoms with van der Waals surface area (Å²) < 4.78 is 24.8. The maximum atomic E-state index is 11.6. The van der Waals surface area contributed by atoms with Gasteiger partial charge in [0, 0.05) is 5.56 Å². The number of amides is 1. The number of rotatable bonds is 2. The van der Waals surface area contributed by atoms with Gasteiger partial charge in [-0.2, -0.15) is 0 Å². The Morgan fingerprint density at radius 1 is 1.41 bits per heavy atom. The maximum absolute atomic E-state index is 11.6. The summed E-state index contributed by atoms with van der Waals surface area (Å²) in [6, 6.07) is 4.93. The molecule has 0 radical (unpaired) electrons. The van der Waals surface area contributed by atoms with Crippen LogP contribution in [-0.4, -0.2) is 25.6 Å². The summed E-state index contributed by atoms with van der Waals surface area (Å²) in [7, 11) is -3.54. The van der Waals surface area contributed by atoms with E-state index in [1.54, 1.807) is 18.2 Å². The standard InChI is InChI=1S/C10H10N2O3S2/c1-6-11-8-5-7(3-4-9(8)16-6)10(13)12-17(2,14)15/h3-5H,1-2H3,(H,12,13). The van der Waals surface area contributed by atoms with Gasteiger partial charge in [-0.25, -0.2) is 18.1 Å². The van der Waals surface area contributed by atoms with Crippen molar-refractivity contribution in [2.45, 2.75) is 6.92 Å². The molecule has 7 heteroatoms. The molecule has 0 saturated heterocycles. The minimum Gasteiger partial charge on any atom is -0.268 e. The van der Waals surface area contributed by atoms with E-state index in [0.29, 0.717) is 5.52 Å². The number of fused-ring (bicyclic) bond motifs is 1. The van der Waals surface area contributed by atoms with Crippen molar-refractivity contribution in [3.05, 3.63) is 28.8 Å². The van der Waals surface area contributed by atoms with E-state index in [0.717, 1.165) is 16.0 Å². The quantitative estimate of drug-likeness (QED) is 0.892. The van der Waals surface area contributed by atoms with Gasteiger partial charge in [0.1, 0.15) is 0 Å². The normalized spacial score (nSPS) is 11.6. The second-order valence-corrected chi connectivity index (χ2v) is 6.60. The highest BCUT2D eigenvalue weighted by Gasteiger charge is 2.12. The number of sulfonamides is 1. The second kappa shape index (κ2) is 4.08. The summed E-state index contributed by atoms with van der Waals surface area (Å²) in [4.78, 5) is 15.8. The van der Waals surface area contributed by atoms with E-state index < -0.39 is 15.9 Å². The monoisotopic (exact) mass is 270 g/mol. The SMILES string of the molecule is Cc1nc2cc(C(=O)NS(C)(=O)=O)ccc2s1. The van der Waals surface area contributed by atoms with Crippen molar-refractivity contribution >= 4 is 37.5 Å². The topological polar surface area (TPSA) is 76.1 Å². The maximum Gasteiger partial charge on any atom is 0.264 e. The fourth-order valence-electron chi connectivity index (χ4n) is 1.41. The zero-order chi connectivity index (χ0) is 12.6. The molecule has 1 amide bonds. The van der Waals surface area contributed by atoms with E-state index in [-0.39, 0.29) is 5.56 Å². The number of aryl methyl sites for hydroxylation is 1. The second-order valence-electron chi connectivity index (χ2n) is 3.62. The van der Waals surface area contributed by atoms with Crippen molar-refractivity contribution in [1.29, 1.82) is 0 Å². The highest BCUT2D eigenvalue weighted by Crippen LogP contribution is 2.22. The molecule has 0 aliphatic heterocycles. The Morgan fingerprint density at radius 2 is 2.12 bits per heavy atom. The molecule has 1 heterocycles. The number of nitrogens with zero attached hydrogens (tertiary/aromatic N) is 1. The van der Waals surface area contributed by atoms with Crippen LogP contribution in [0.1, 0.15) is 15.4 Å². The molecule has 0 bridgehead atoms. The number of thiazole rings is 1. The molecule has 0 saturated carbocycles. The number of hydrogen-bond donors (Lipinski definition) is 1. The third-order valence-corrected chi connectivity index (χ3v) is 3.54. The molecule has 0 atom stereocenters. The van der Waals surface area contributed by atoms with Gasteiger partial charge in [-0.05, 0) is 25.1 Å². The smallest absolute Gasteiger partial charge is 0.264 e. The predicted molar refractivity (Wildman–Crippen MR) is 66.7 cm³/mol. The van der Waals surface area contributed by atoms with Gasteiger partial charge in [-0.1, -0.05) is 0 Å². The van der Waals surface area contributed by atoms with Crippen molar-refractivity contribution < 1.29 is 13.2 Å². The first-order chi connectivity index (χ1) is 7.85. The van der Waals surface area contributed by atoms with Gasteiger partial charge in [0.25, 0.3) is 5.91 Å². The van der Waals surface area contributed by atoms with E-state index in [1.807, 2.05) is 11.6 Å². The number of nitrogens with one attached hydrogen (secondary N) is 1. The summed E-state index contributed by atoms with van der Waals surface area (Å²) in [6.45, 7) is 1.88. The Hall–Kier alpha value is -1.47. The Kier molecular flexibility index (Phi) is 2.88. The van der Waals surface area contributed by atoms with Gasteiger partial charge < -0.3 is 0 Å². The lowest BCUT2D eigenvalue weighted by molar-refractivity contribution is 0.0982. The summed E-state index contributed by atoms with van der Waals surface area (Å²) in [5, 5.41) is 0.903. The third-order valence-electron chi connectivity index (χ3n) is 2.03. The largest absolute Gasteiger partial charge is 0.268 e. The average molecular weight is 270 g/mol. The van der Waals surface area contributed by atoms with Gasteiger partial charge in [0.2, 0.25) is 10.0 Å². The van der Waals surface area contributed by atoms with E-state index in [1.165, 1.54) is 11.3 Å². The molecular weight excluding hydrogens is 260 g/mol. The molecule has 0 aliphatic carbocycles. The number of carbonyl (C=O) groups is 1. The van der Waals surface area contributed by atoms with Crippen LogP contribution in [0.25, 0.3) is 10.2 Å². The number of carbonyl (C=O) groups excluding carboxylic acids is 1. The molecule has 0 unspecified atom stereocenters. The average Bonchev–Trinajstić information content (AvgIpc) is 2.53. The van der Waals surface area contributed by atoms with Gasteiger partial charge in [-0.3, -0.25) is 4.79 Å². The van der Waals surface area contributed by atoms with Crippen molar-refractivity contribution in [3.8, 4) is 0 Å². The first-order valence-corrected chi connectivity index (χ1v) is 7.45. The Morgan fingerprint density at radius 3 is 2.76 bits per heavy atom. The third kappa shape index (κ3) is 2.80. The first-order valence-electron chi connectivity index (χ1n) is 4.74.